The summed E-state index contributed by atoms with van der Waals surface area (Å²) >= 11 is 0. The highest BCUT2D eigenvalue weighted by atomic mass is 16.4. The van der Waals surface area contributed by atoms with Gasteiger partial charge in [-0.2, -0.15) is 0 Å². The van der Waals surface area contributed by atoms with Gasteiger partial charge in [0.05, 0.1) is 45.8 Å². The number of aliphatic carboxylic acids is 6. The van der Waals surface area contributed by atoms with Crippen molar-refractivity contribution in [1.82, 2.24) is 44.5 Å². The molecule has 2 fully saturated rings. The lowest BCUT2D eigenvalue weighted by atomic mass is 10.0. The van der Waals surface area contributed by atoms with E-state index in [4.69, 9.17) is 0 Å². The first-order valence-corrected chi connectivity index (χ1v) is 19.3. The predicted molar refractivity (Wildman–Crippen MR) is 204 cm³/mol. The number of carbonyl (C=O) groups is 7. The SMILES string of the molecule is CC(C)C(CN1CCN(CC(=O)O)CCN(CC(=O)O)CCN(CC(=O)O)CC1)NC(=O)CN1CCN(CC(=O)O)CCN(CC(=O)O)CCN(CC(=O)O)CC1. The summed E-state index contributed by atoms with van der Waals surface area (Å²) in [4.78, 5) is 97.5. The molecule has 7 N–H and O–H groups in total. The van der Waals surface area contributed by atoms with Gasteiger partial charge in [0, 0.05) is 117 Å². The van der Waals surface area contributed by atoms with E-state index in [9.17, 15) is 64.2 Å². The lowest BCUT2D eigenvalue weighted by Crippen LogP contribution is -2.54. The van der Waals surface area contributed by atoms with Gasteiger partial charge >= 0.3 is 35.8 Å². The quantitative estimate of drug-likeness (QED) is 0.0696. The summed E-state index contributed by atoms with van der Waals surface area (Å²) in [5.74, 6) is -6.62. The predicted octanol–water partition coefficient (Wildman–Crippen LogP) is -3.92. The molecule has 2 heterocycles. The van der Waals surface area contributed by atoms with Crippen molar-refractivity contribution in [3.63, 3.8) is 0 Å². The topological polar surface area (TPSA) is 279 Å². The summed E-state index contributed by atoms with van der Waals surface area (Å²) in [6, 6.07) is -0.378. The Hall–Kier alpha value is -4.03. The minimum atomic E-state index is -1.05. The molecule has 0 spiro atoms. The molecule has 0 radical (unpaired) electrons. The van der Waals surface area contributed by atoms with Crippen LogP contribution < -0.4 is 5.32 Å². The van der Waals surface area contributed by atoms with Gasteiger partial charge in [0.2, 0.25) is 5.91 Å². The molecule has 2 saturated heterocycles. The molecule has 22 heteroatoms. The van der Waals surface area contributed by atoms with Crippen LogP contribution in [0.4, 0.5) is 0 Å². The molecule has 22 nitrogen and oxygen atoms in total. The first kappa shape index (κ1) is 49.1. The van der Waals surface area contributed by atoms with Gasteiger partial charge in [-0.15, -0.1) is 0 Å². The first-order chi connectivity index (χ1) is 26.9. The highest BCUT2D eigenvalue weighted by Crippen LogP contribution is 2.09. The number of hydrogen-bond acceptors (Lipinski definition) is 15. The molecule has 326 valence electrons. The van der Waals surface area contributed by atoms with Crippen molar-refractivity contribution in [1.29, 1.82) is 0 Å². The van der Waals surface area contributed by atoms with E-state index in [1.54, 1.807) is 29.4 Å². The third kappa shape index (κ3) is 22.5. The number of nitrogens with zero attached hydrogens (tertiary/aromatic N) is 8. The minimum absolute atomic E-state index is 0.0534. The van der Waals surface area contributed by atoms with Gasteiger partial charge in [0.1, 0.15) is 0 Å². The number of carbonyl (C=O) groups excluding carboxylic acids is 1. The molecule has 2 aliphatic heterocycles. The summed E-state index contributed by atoms with van der Waals surface area (Å²) in [6.07, 6.45) is 0. The molecule has 2 aliphatic rings. The third-order valence-electron chi connectivity index (χ3n) is 9.99. The number of nitrogens with one attached hydrogen (secondary N) is 1. The van der Waals surface area contributed by atoms with Crippen molar-refractivity contribution >= 4 is 41.7 Å². The number of carboxylic acid groups (broad SMARTS) is 6. The Morgan fingerprint density at radius 2 is 0.561 bits per heavy atom. The van der Waals surface area contributed by atoms with Gasteiger partial charge in [-0.25, -0.2) is 0 Å². The second kappa shape index (κ2) is 26.1. The molecule has 0 saturated carbocycles. The summed E-state index contributed by atoms with van der Waals surface area (Å²) in [6.45, 7) is 7.16. The van der Waals surface area contributed by atoms with Crippen LogP contribution in [0, 0.1) is 5.92 Å². The number of amides is 1. The van der Waals surface area contributed by atoms with Crippen LogP contribution in [0.2, 0.25) is 0 Å². The molecular weight excluding hydrogens is 754 g/mol. The van der Waals surface area contributed by atoms with E-state index in [0.29, 0.717) is 32.7 Å². The highest BCUT2D eigenvalue weighted by molar-refractivity contribution is 5.78. The minimum Gasteiger partial charge on any atom is -0.480 e. The average Bonchev–Trinajstić information content (AvgIpc) is 3.08. The van der Waals surface area contributed by atoms with Crippen LogP contribution in [0.5, 0.6) is 0 Å². The maximum Gasteiger partial charge on any atom is 0.317 e. The molecule has 1 unspecified atom stereocenters. The number of rotatable bonds is 18. The molecule has 0 aromatic rings. The monoisotopic (exact) mass is 817 g/mol. The van der Waals surface area contributed by atoms with Crippen LogP contribution in [-0.4, -0.2) is 275 Å². The van der Waals surface area contributed by atoms with Crippen LogP contribution in [0.15, 0.2) is 0 Å². The zero-order valence-corrected chi connectivity index (χ0v) is 33.2. The van der Waals surface area contributed by atoms with E-state index in [1.807, 2.05) is 18.7 Å². The molecule has 0 aliphatic carbocycles. The lowest BCUT2D eigenvalue weighted by Gasteiger charge is -2.36. The van der Waals surface area contributed by atoms with Crippen molar-refractivity contribution in [3.8, 4) is 0 Å². The Balaban J connectivity index is 2.24. The van der Waals surface area contributed by atoms with Crippen LogP contribution >= 0.6 is 0 Å². The van der Waals surface area contributed by atoms with Crippen LogP contribution in [-0.2, 0) is 33.6 Å². The van der Waals surface area contributed by atoms with Crippen molar-refractivity contribution in [2.45, 2.75) is 19.9 Å². The van der Waals surface area contributed by atoms with Gasteiger partial charge in [-0.05, 0) is 5.92 Å². The molecule has 1 amide bonds. The van der Waals surface area contributed by atoms with Gasteiger partial charge in [0.15, 0.2) is 0 Å². The van der Waals surface area contributed by atoms with Crippen LogP contribution in [0.25, 0.3) is 0 Å². The van der Waals surface area contributed by atoms with E-state index < -0.39 is 35.8 Å². The second-order valence-corrected chi connectivity index (χ2v) is 15.0. The van der Waals surface area contributed by atoms with E-state index in [-0.39, 0.29) is 142 Å². The highest BCUT2D eigenvalue weighted by Gasteiger charge is 2.26. The number of hydrogen-bond donors (Lipinski definition) is 7. The Kier molecular flexibility index (Phi) is 22.5. The Bertz CT molecular complexity index is 1260. The normalized spacial score (nSPS) is 20.3. The molecule has 0 bridgehead atoms. The van der Waals surface area contributed by atoms with E-state index >= 15 is 0 Å². The third-order valence-corrected chi connectivity index (χ3v) is 9.99. The Morgan fingerprint density at radius 3 is 0.754 bits per heavy atom. The average molecular weight is 818 g/mol. The van der Waals surface area contributed by atoms with Crippen molar-refractivity contribution in [2.24, 2.45) is 5.92 Å². The summed E-state index contributed by atoms with van der Waals surface area (Å²) < 4.78 is 0. The van der Waals surface area contributed by atoms with E-state index in [1.165, 1.54) is 0 Å². The van der Waals surface area contributed by atoms with Crippen molar-refractivity contribution < 1.29 is 64.2 Å². The smallest absolute Gasteiger partial charge is 0.317 e. The van der Waals surface area contributed by atoms with Gasteiger partial charge in [-0.1, -0.05) is 13.8 Å². The van der Waals surface area contributed by atoms with Crippen LogP contribution in [0.1, 0.15) is 13.8 Å². The largest absolute Gasteiger partial charge is 0.480 e. The maximum atomic E-state index is 13.7. The zero-order chi connectivity index (χ0) is 42.5. The summed E-state index contributed by atoms with van der Waals surface area (Å²) in [5, 5.41) is 60.2. The van der Waals surface area contributed by atoms with E-state index in [2.05, 4.69) is 10.2 Å². The van der Waals surface area contributed by atoms with Crippen molar-refractivity contribution in [2.75, 3.05) is 157 Å². The molecule has 1 atom stereocenters. The Morgan fingerprint density at radius 1 is 0.368 bits per heavy atom. The molecule has 0 aromatic heterocycles. The molecular formula is C35H63N9O13. The van der Waals surface area contributed by atoms with Gasteiger partial charge in [0.25, 0.3) is 0 Å². The van der Waals surface area contributed by atoms with Gasteiger partial charge < -0.3 is 36.0 Å². The van der Waals surface area contributed by atoms with Crippen molar-refractivity contribution in [3.05, 3.63) is 0 Å². The summed E-state index contributed by atoms with van der Waals surface area (Å²) in [5.41, 5.74) is 0. The number of carboxylic acids is 6. The molecule has 0 aromatic carbocycles. The second-order valence-electron chi connectivity index (χ2n) is 15.0. The maximum absolute atomic E-state index is 13.7. The standard InChI is InChI=1S/C35H63N9O13/c1-27(2)28(19-37-3-7-39(21-30(46)47)11-15-43(25-34(54)55)16-12-40(8-4-37)22-31(48)49)36-29(45)20-38-5-9-41(23-32(50)51)13-17-44(26-35(56)57)18-14-42(10-6-38)24-33(52)53/h27-28H,3-26H2,1-2H3,(H,36,45)(H,46,47)(H,48,49)(H,50,51)(H,52,53)(H,54,55)(H,56,57). The zero-order valence-electron chi connectivity index (χ0n) is 33.2. The first-order valence-electron chi connectivity index (χ1n) is 19.3. The fourth-order valence-corrected chi connectivity index (χ4v) is 6.75. The van der Waals surface area contributed by atoms with Gasteiger partial charge in [-0.3, -0.25) is 72.8 Å². The lowest BCUT2D eigenvalue weighted by molar-refractivity contribution is -0.140. The van der Waals surface area contributed by atoms with Crippen LogP contribution in [0.3, 0.4) is 0 Å². The fraction of sp³-hybridized carbons (Fsp3) is 0.800. The summed E-state index contributed by atoms with van der Waals surface area (Å²) in [7, 11) is 0. The Labute approximate surface area is 333 Å². The molecule has 2 rings (SSSR count). The molecule has 57 heavy (non-hydrogen) atoms. The fourth-order valence-electron chi connectivity index (χ4n) is 6.75. The van der Waals surface area contributed by atoms with E-state index in [0.717, 1.165) is 0 Å².